The molecule has 0 saturated carbocycles. The Morgan fingerprint density at radius 2 is 2.00 bits per heavy atom. The summed E-state index contributed by atoms with van der Waals surface area (Å²) in [6, 6.07) is 6.36. The lowest BCUT2D eigenvalue weighted by molar-refractivity contribution is 0.506. The van der Waals surface area contributed by atoms with Gasteiger partial charge >= 0.3 is 0 Å². The fraction of sp³-hybridized carbons (Fsp3) is 0.462. The van der Waals surface area contributed by atoms with E-state index in [9.17, 15) is 0 Å². The summed E-state index contributed by atoms with van der Waals surface area (Å²) < 4.78 is 0. The van der Waals surface area contributed by atoms with E-state index in [1.54, 1.807) is 0 Å². The van der Waals surface area contributed by atoms with Gasteiger partial charge in [-0.15, -0.1) is 0 Å². The molecule has 1 aliphatic rings. The molecule has 0 radical (unpaired) electrons. The first-order valence-electron chi connectivity index (χ1n) is 5.39. The Kier molecular flexibility index (Phi) is 2.29. The van der Waals surface area contributed by atoms with E-state index < -0.39 is 0 Å². The van der Waals surface area contributed by atoms with Crippen LogP contribution in [0.1, 0.15) is 30.5 Å². The van der Waals surface area contributed by atoms with Crippen molar-refractivity contribution < 1.29 is 0 Å². The average Bonchev–Trinajstić information content (AvgIpc) is 2.51. The molecule has 2 nitrogen and oxygen atoms in total. The van der Waals surface area contributed by atoms with Gasteiger partial charge in [-0.2, -0.15) is 0 Å². The zero-order valence-electron chi connectivity index (χ0n) is 9.89. The maximum atomic E-state index is 4.57. The van der Waals surface area contributed by atoms with Gasteiger partial charge in [0.05, 0.1) is 12.1 Å². The SMILES string of the molecule is Cc1cccc(C2=NCC(C)(C)N2)c1C. The highest BCUT2D eigenvalue weighted by Gasteiger charge is 2.26. The predicted molar refractivity (Wildman–Crippen MR) is 64.5 cm³/mol. The Bertz CT molecular complexity index is 417. The van der Waals surface area contributed by atoms with Crippen molar-refractivity contribution in [3.8, 4) is 0 Å². The highest BCUT2D eigenvalue weighted by Crippen LogP contribution is 2.18. The van der Waals surface area contributed by atoms with E-state index in [2.05, 4.69) is 56.2 Å². The van der Waals surface area contributed by atoms with Crippen LogP contribution in [0.15, 0.2) is 23.2 Å². The summed E-state index contributed by atoms with van der Waals surface area (Å²) in [6.07, 6.45) is 0. The molecule has 0 amide bonds. The molecule has 0 saturated heterocycles. The van der Waals surface area contributed by atoms with Gasteiger partial charge in [0.15, 0.2) is 0 Å². The van der Waals surface area contributed by atoms with Crippen molar-refractivity contribution in [1.29, 1.82) is 0 Å². The van der Waals surface area contributed by atoms with Gasteiger partial charge in [-0.1, -0.05) is 18.2 Å². The van der Waals surface area contributed by atoms with Gasteiger partial charge in [0.1, 0.15) is 5.84 Å². The lowest BCUT2D eigenvalue weighted by atomic mass is 10.0. The molecule has 0 unspecified atom stereocenters. The maximum absolute atomic E-state index is 4.57. The molecule has 0 spiro atoms. The fourth-order valence-electron chi connectivity index (χ4n) is 1.84. The summed E-state index contributed by atoms with van der Waals surface area (Å²) in [5.41, 5.74) is 3.98. The van der Waals surface area contributed by atoms with Crippen LogP contribution in [0.2, 0.25) is 0 Å². The number of rotatable bonds is 1. The number of aliphatic imine (C=N–C) groups is 1. The van der Waals surface area contributed by atoms with Crippen molar-refractivity contribution in [1.82, 2.24) is 5.32 Å². The summed E-state index contributed by atoms with van der Waals surface area (Å²) >= 11 is 0. The van der Waals surface area contributed by atoms with Gasteiger partial charge in [0, 0.05) is 5.56 Å². The number of nitrogens with zero attached hydrogens (tertiary/aromatic N) is 1. The van der Waals surface area contributed by atoms with Crippen LogP contribution >= 0.6 is 0 Å². The molecule has 0 aliphatic carbocycles. The van der Waals surface area contributed by atoms with Crippen molar-refractivity contribution in [2.75, 3.05) is 6.54 Å². The molecule has 0 bridgehead atoms. The lowest BCUT2D eigenvalue weighted by Gasteiger charge is -2.19. The van der Waals surface area contributed by atoms with Crippen molar-refractivity contribution in [3.63, 3.8) is 0 Å². The van der Waals surface area contributed by atoms with Gasteiger partial charge in [0.25, 0.3) is 0 Å². The Hall–Kier alpha value is -1.31. The Morgan fingerprint density at radius 1 is 1.27 bits per heavy atom. The van der Waals surface area contributed by atoms with Crippen LogP contribution in [-0.4, -0.2) is 17.9 Å². The first kappa shape index (κ1) is 10.2. The van der Waals surface area contributed by atoms with E-state index in [1.165, 1.54) is 16.7 Å². The molecule has 15 heavy (non-hydrogen) atoms. The standard InChI is InChI=1S/C13H18N2/c1-9-6-5-7-11(10(9)2)12-14-8-13(3,4)15-12/h5-7H,8H2,1-4H3,(H,14,15). The van der Waals surface area contributed by atoms with Crippen LogP contribution in [0.25, 0.3) is 0 Å². The smallest absolute Gasteiger partial charge is 0.129 e. The largest absolute Gasteiger partial charge is 0.363 e. The summed E-state index contributed by atoms with van der Waals surface area (Å²) in [4.78, 5) is 4.57. The summed E-state index contributed by atoms with van der Waals surface area (Å²) in [6.45, 7) is 9.50. The molecule has 80 valence electrons. The number of benzene rings is 1. The predicted octanol–water partition coefficient (Wildman–Crippen LogP) is 2.43. The quantitative estimate of drug-likeness (QED) is 0.743. The minimum absolute atomic E-state index is 0.103. The van der Waals surface area contributed by atoms with E-state index in [0.717, 1.165) is 12.4 Å². The third-order valence-corrected chi connectivity index (χ3v) is 2.95. The van der Waals surface area contributed by atoms with E-state index in [0.29, 0.717) is 0 Å². The van der Waals surface area contributed by atoms with E-state index in [1.807, 2.05) is 0 Å². The van der Waals surface area contributed by atoms with Crippen LogP contribution in [-0.2, 0) is 0 Å². The topological polar surface area (TPSA) is 24.4 Å². The van der Waals surface area contributed by atoms with Crippen molar-refractivity contribution in [3.05, 3.63) is 34.9 Å². The van der Waals surface area contributed by atoms with Crippen molar-refractivity contribution in [2.45, 2.75) is 33.2 Å². The molecule has 0 aromatic heterocycles. The third-order valence-electron chi connectivity index (χ3n) is 2.95. The lowest BCUT2D eigenvalue weighted by Crippen LogP contribution is -2.40. The minimum atomic E-state index is 0.103. The molecular formula is C13H18N2. The average molecular weight is 202 g/mol. The Labute approximate surface area is 91.4 Å². The van der Waals surface area contributed by atoms with Crippen molar-refractivity contribution in [2.24, 2.45) is 4.99 Å². The molecule has 0 fully saturated rings. The number of amidine groups is 1. The number of aryl methyl sites for hydroxylation is 1. The monoisotopic (exact) mass is 202 g/mol. The second-order valence-corrected chi connectivity index (χ2v) is 4.92. The van der Waals surface area contributed by atoms with Gasteiger partial charge in [-0.3, -0.25) is 4.99 Å². The van der Waals surface area contributed by atoms with Gasteiger partial charge < -0.3 is 5.32 Å². The highest BCUT2D eigenvalue weighted by molar-refractivity contribution is 6.01. The fourth-order valence-corrected chi connectivity index (χ4v) is 1.84. The minimum Gasteiger partial charge on any atom is -0.363 e. The first-order chi connectivity index (χ1) is 6.99. The molecule has 2 rings (SSSR count). The number of hydrogen-bond acceptors (Lipinski definition) is 2. The van der Waals surface area contributed by atoms with Crippen LogP contribution in [0.4, 0.5) is 0 Å². The zero-order valence-corrected chi connectivity index (χ0v) is 9.89. The van der Waals surface area contributed by atoms with E-state index >= 15 is 0 Å². The molecule has 2 heteroatoms. The van der Waals surface area contributed by atoms with Crippen LogP contribution in [0.5, 0.6) is 0 Å². The molecule has 0 atom stereocenters. The maximum Gasteiger partial charge on any atom is 0.129 e. The second-order valence-electron chi connectivity index (χ2n) is 4.92. The molecule has 1 N–H and O–H groups in total. The van der Waals surface area contributed by atoms with Gasteiger partial charge in [-0.25, -0.2) is 0 Å². The Morgan fingerprint density at radius 3 is 2.60 bits per heavy atom. The summed E-state index contributed by atoms with van der Waals surface area (Å²) in [5, 5.41) is 3.46. The first-order valence-corrected chi connectivity index (χ1v) is 5.39. The van der Waals surface area contributed by atoms with E-state index in [-0.39, 0.29) is 5.54 Å². The number of hydrogen-bond donors (Lipinski definition) is 1. The molecule has 1 aliphatic heterocycles. The third kappa shape index (κ3) is 1.89. The van der Waals surface area contributed by atoms with Crippen LogP contribution in [0.3, 0.4) is 0 Å². The van der Waals surface area contributed by atoms with Gasteiger partial charge in [-0.05, 0) is 38.8 Å². The van der Waals surface area contributed by atoms with Crippen LogP contribution in [0, 0.1) is 13.8 Å². The van der Waals surface area contributed by atoms with Crippen molar-refractivity contribution >= 4 is 5.84 Å². The second kappa shape index (κ2) is 3.37. The van der Waals surface area contributed by atoms with Crippen LogP contribution < -0.4 is 5.32 Å². The molecule has 1 heterocycles. The summed E-state index contributed by atoms with van der Waals surface area (Å²) in [7, 11) is 0. The number of nitrogens with one attached hydrogen (secondary N) is 1. The van der Waals surface area contributed by atoms with E-state index in [4.69, 9.17) is 0 Å². The van der Waals surface area contributed by atoms with Gasteiger partial charge in [0.2, 0.25) is 0 Å². The molecule has 1 aromatic carbocycles. The zero-order chi connectivity index (χ0) is 11.1. The summed E-state index contributed by atoms with van der Waals surface area (Å²) in [5.74, 6) is 1.04. The molecular weight excluding hydrogens is 184 g/mol. The highest BCUT2D eigenvalue weighted by atomic mass is 15.1. The normalized spacial score (nSPS) is 18.5. The Balaban J connectivity index is 2.36. The molecule has 1 aromatic rings.